The summed E-state index contributed by atoms with van der Waals surface area (Å²) in [6.45, 7) is 10.9. The van der Waals surface area contributed by atoms with E-state index in [1.807, 2.05) is 0 Å². The first kappa shape index (κ1) is 16.0. The van der Waals surface area contributed by atoms with Crippen molar-refractivity contribution >= 4 is 0 Å². The van der Waals surface area contributed by atoms with Crippen LogP contribution >= 0.6 is 0 Å². The van der Waals surface area contributed by atoms with Crippen LogP contribution in [0.25, 0.3) is 0 Å². The monoisotopic (exact) mass is 278 g/mol. The maximum atomic E-state index is 3.87. The van der Waals surface area contributed by atoms with Crippen molar-refractivity contribution in [3.8, 4) is 0 Å². The number of nitrogens with zero attached hydrogens (tertiary/aromatic N) is 1. The van der Waals surface area contributed by atoms with E-state index in [0.29, 0.717) is 6.04 Å². The average molecular weight is 278 g/mol. The van der Waals surface area contributed by atoms with Crippen molar-refractivity contribution in [1.29, 1.82) is 0 Å². The van der Waals surface area contributed by atoms with Gasteiger partial charge in [0.25, 0.3) is 0 Å². The molecule has 0 spiro atoms. The fraction of sp³-hybridized carbons (Fsp3) is 0.889. The second kappa shape index (κ2) is 7.61. The summed E-state index contributed by atoms with van der Waals surface area (Å²) in [5.41, 5.74) is 1.94. The third-order valence-corrected chi connectivity index (χ3v) is 5.17. The van der Waals surface area contributed by atoms with E-state index in [1.165, 1.54) is 64.5 Å². The van der Waals surface area contributed by atoms with Crippen molar-refractivity contribution < 1.29 is 0 Å². The summed E-state index contributed by atoms with van der Waals surface area (Å²) in [4.78, 5) is 2.71. The van der Waals surface area contributed by atoms with Crippen LogP contribution in [0.3, 0.4) is 0 Å². The lowest BCUT2D eigenvalue weighted by Gasteiger charge is -2.44. The largest absolute Gasteiger partial charge is 0.309 e. The van der Waals surface area contributed by atoms with Crippen molar-refractivity contribution in [2.45, 2.75) is 83.7 Å². The van der Waals surface area contributed by atoms with E-state index in [2.05, 4.69) is 37.1 Å². The number of likely N-dealkylation sites (tertiary alicyclic amines) is 1. The first-order valence-electron chi connectivity index (χ1n) is 8.83. The number of rotatable bonds is 6. The summed E-state index contributed by atoms with van der Waals surface area (Å²) in [5.74, 6) is 0. The maximum Gasteiger partial charge on any atom is 0.0461 e. The molecule has 20 heavy (non-hydrogen) atoms. The molecule has 0 aromatic rings. The molecule has 2 nitrogen and oxygen atoms in total. The molecule has 116 valence electrons. The van der Waals surface area contributed by atoms with Gasteiger partial charge in [0.1, 0.15) is 0 Å². The molecule has 1 heterocycles. The predicted molar refractivity (Wildman–Crippen MR) is 88.1 cm³/mol. The van der Waals surface area contributed by atoms with E-state index in [4.69, 9.17) is 0 Å². The van der Waals surface area contributed by atoms with Crippen LogP contribution in [0.2, 0.25) is 0 Å². The van der Waals surface area contributed by atoms with Gasteiger partial charge in [0.2, 0.25) is 0 Å². The summed E-state index contributed by atoms with van der Waals surface area (Å²) < 4.78 is 0. The highest BCUT2D eigenvalue weighted by Gasteiger charge is 2.38. The molecule has 0 bridgehead atoms. The van der Waals surface area contributed by atoms with Crippen LogP contribution in [0.4, 0.5) is 0 Å². The average Bonchev–Trinajstić information content (AvgIpc) is 2.85. The number of hydrogen-bond donors (Lipinski definition) is 1. The molecule has 0 saturated carbocycles. The lowest BCUT2D eigenvalue weighted by molar-refractivity contribution is 0.119. The Kier molecular flexibility index (Phi) is 6.10. The Bertz CT molecular complexity index is 313. The topological polar surface area (TPSA) is 15.3 Å². The highest BCUT2D eigenvalue weighted by Crippen LogP contribution is 2.31. The van der Waals surface area contributed by atoms with E-state index in [9.17, 15) is 0 Å². The van der Waals surface area contributed by atoms with Gasteiger partial charge in [-0.3, -0.25) is 4.90 Å². The molecule has 0 amide bonds. The van der Waals surface area contributed by atoms with E-state index >= 15 is 0 Å². The summed E-state index contributed by atoms with van der Waals surface area (Å²) in [6.07, 6.45) is 13.3. The van der Waals surface area contributed by atoms with Crippen molar-refractivity contribution in [1.82, 2.24) is 10.2 Å². The summed E-state index contributed by atoms with van der Waals surface area (Å²) in [7, 11) is 0. The lowest BCUT2D eigenvalue weighted by Crippen LogP contribution is -2.57. The van der Waals surface area contributed by atoms with Crippen molar-refractivity contribution in [3.63, 3.8) is 0 Å². The molecular formula is C18H34N2. The van der Waals surface area contributed by atoms with Gasteiger partial charge in [0.15, 0.2) is 0 Å². The molecule has 1 saturated heterocycles. The Labute approximate surface area is 126 Å². The second-order valence-electron chi connectivity index (χ2n) is 7.11. The van der Waals surface area contributed by atoms with E-state index < -0.39 is 0 Å². The van der Waals surface area contributed by atoms with Gasteiger partial charge in [-0.2, -0.15) is 0 Å². The molecule has 1 fully saturated rings. The van der Waals surface area contributed by atoms with Gasteiger partial charge in [0, 0.05) is 11.6 Å². The molecule has 1 aliphatic carbocycles. The molecule has 1 unspecified atom stereocenters. The summed E-state index contributed by atoms with van der Waals surface area (Å²) in [6, 6.07) is 0.540. The highest BCUT2D eigenvalue weighted by molar-refractivity contribution is 5.19. The van der Waals surface area contributed by atoms with Gasteiger partial charge in [-0.15, -0.1) is 0 Å². The van der Waals surface area contributed by atoms with Gasteiger partial charge >= 0.3 is 0 Å². The van der Waals surface area contributed by atoms with E-state index in [1.54, 1.807) is 5.57 Å². The zero-order valence-corrected chi connectivity index (χ0v) is 13.9. The smallest absolute Gasteiger partial charge is 0.0461 e. The molecule has 1 N–H and O–H groups in total. The molecule has 2 aliphatic rings. The second-order valence-corrected chi connectivity index (χ2v) is 7.11. The Morgan fingerprint density at radius 2 is 1.90 bits per heavy atom. The SMILES string of the molecule is CCCNC(C1=CCCCCC1)C(C)(C)N1CCCC1. The van der Waals surface area contributed by atoms with E-state index in [0.717, 1.165) is 6.54 Å². The minimum atomic E-state index is 0.252. The first-order chi connectivity index (χ1) is 9.66. The fourth-order valence-corrected chi connectivity index (χ4v) is 3.90. The van der Waals surface area contributed by atoms with Crippen LogP contribution in [-0.2, 0) is 0 Å². The van der Waals surface area contributed by atoms with Gasteiger partial charge in [-0.05, 0) is 78.4 Å². The molecule has 0 radical (unpaired) electrons. The van der Waals surface area contributed by atoms with E-state index in [-0.39, 0.29) is 5.54 Å². The number of hydrogen-bond acceptors (Lipinski definition) is 2. The summed E-state index contributed by atoms with van der Waals surface area (Å²) >= 11 is 0. The molecule has 0 aromatic carbocycles. The first-order valence-corrected chi connectivity index (χ1v) is 8.83. The van der Waals surface area contributed by atoms with Crippen molar-refractivity contribution in [2.24, 2.45) is 0 Å². The third-order valence-electron chi connectivity index (χ3n) is 5.17. The highest BCUT2D eigenvalue weighted by atomic mass is 15.2. The molecule has 2 rings (SSSR count). The lowest BCUT2D eigenvalue weighted by atomic mass is 9.84. The summed E-state index contributed by atoms with van der Waals surface area (Å²) in [5, 5.41) is 3.87. The Morgan fingerprint density at radius 1 is 1.15 bits per heavy atom. The molecular weight excluding hydrogens is 244 g/mol. The van der Waals surface area contributed by atoms with Crippen molar-refractivity contribution in [2.75, 3.05) is 19.6 Å². The van der Waals surface area contributed by atoms with Gasteiger partial charge in [0.05, 0.1) is 0 Å². The minimum absolute atomic E-state index is 0.252. The predicted octanol–water partition coefficient (Wildman–Crippen LogP) is 4.12. The zero-order valence-electron chi connectivity index (χ0n) is 13.9. The van der Waals surface area contributed by atoms with Crippen LogP contribution in [0.1, 0.15) is 72.1 Å². The quantitative estimate of drug-likeness (QED) is 0.735. The fourth-order valence-electron chi connectivity index (χ4n) is 3.90. The van der Waals surface area contributed by atoms with Crippen LogP contribution in [0.15, 0.2) is 11.6 Å². The molecule has 0 aromatic heterocycles. The molecule has 2 heteroatoms. The van der Waals surface area contributed by atoms with Crippen LogP contribution in [0, 0.1) is 0 Å². The number of allylic oxidation sites excluding steroid dienone is 1. The van der Waals surface area contributed by atoms with Gasteiger partial charge < -0.3 is 5.32 Å². The maximum absolute atomic E-state index is 3.87. The third kappa shape index (κ3) is 3.85. The Hall–Kier alpha value is -0.340. The molecule has 1 atom stereocenters. The Balaban J connectivity index is 2.14. The minimum Gasteiger partial charge on any atom is -0.309 e. The zero-order chi connectivity index (χ0) is 14.4. The van der Waals surface area contributed by atoms with Gasteiger partial charge in [-0.25, -0.2) is 0 Å². The Morgan fingerprint density at radius 3 is 2.60 bits per heavy atom. The van der Waals surface area contributed by atoms with Crippen LogP contribution in [0.5, 0.6) is 0 Å². The molecule has 1 aliphatic heterocycles. The normalized spacial score (nSPS) is 23.4. The van der Waals surface area contributed by atoms with Gasteiger partial charge in [-0.1, -0.05) is 25.0 Å². The standard InChI is InChI=1S/C18H34N2/c1-4-13-19-17(16-11-7-5-6-8-12-16)18(2,3)20-14-9-10-15-20/h11,17,19H,4-10,12-15H2,1-3H3. The van der Waals surface area contributed by atoms with Crippen LogP contribution < -0.4 is 5.32 Å². The van der Waals surface area contributed by atoms with Crippen molar-refractivity contribution in [3.05, 3.63) is 11.6 Å². The number of nitrogens with one attached hydrogen (secondary N) is 1. The van der Waals surface area contributed by atoms with Crippen LogP contribution in [-0.4, -0.2) is 36.1 Å².